The smallest absolute Gasteiger partial charge is 0.119 e. The molecule has 2 aliphatic carbocycles. The summed E-state index contributed by atoms with van der Waals surface area (Å²) in [5.41, 5.74) is 5.83. The van der Waals surface area contributed by atoms with Gasteiger partial charge in [-0.05, 0) is 73.8 Å². The molecule has 0 aromatic carbocycles. The van der Waals surface area contributed by atoms with E-state index in [4.69, 9.17) is 18.9 Å². The summed E-state index contributed by atoms with van der Waals surface area (Å²) in [6.07, 6.45) is 9.02. The Morgan fingerprint density at radius 3 is 1.84 bits per heavy atom. The maximum Gasteiger partial charge on any atom is 0.119 e. The second-order valence-electron chi connectivity index (χ2n) is 11.3. The normalized spacial score (nSPS) is 33.2. The van der Waals surface area contributed by atoms with E-state index in [9.17, 15) is 0 Å². The Hall–Kier alpha value is -1.78. The highest BCUT2D eigenvalue weighted by atomic mass is 16.6. The first kappa shape index (κ1) is 23.4. The van der Waals surface area contributed by atoms with E-state index < -0.39 is 0 Å². The lowest BCUT2D eigenvalue weighted by molar-refractivity contribution is 0.183. The Morgan fingerprint density at radius 2 is 1.38 bits per heavy atom. The van der Waals surface area contributed by atoms with Crippen molar-refractivity contribution in [2.75, 3.05) is 26.4 Å². The third-order valence-electron chi connectivity index (χ3n) is 7.93. The average Bonchev–Trinajstić information content (AvgIpc) is 3.62. The van der Waals surface area contributed by atoms with Gasteiger partial charge in [0.25, 0.3) is 0 Å². The fourth-order valence-electron chi connectivity index (χ4n) is 5.59. The Labute approximate surface area is 194 Å². The van der Waals surface area contributed by atoms with Gasteiger partial charge in [-0.1, -0.05) is 45.4 Å². The highest BCUT2D eigenvalue weighted by Crippen LogP contribution is 2.67. The van der Waals surface area contributed by atoms with Gasteiger partial charge < -0.3 is 18.9 Å². The molecule has 3 atom stereocenters. The minimum atomic E-state index is -0.0600. The predicted octanol–water partition coefficient (Wildman–Crippen LogP) is 6.27. The zero-order chi connectivity index (χ0) is 23.3. The van der Waals surface area contributed by atoms with Gasteiger partial charge in [0.1, 0.15) is 31.2 Å². The molecule has 0 saturated carbocycles. The quantitative estimate of drug-likeness (QED) is 0.241. The summed E-state index contributed by atoms with van der Waals surface area (Å²) in [4.78, 5) is 0. The highest BCUT2D eigenvalue weighted by Gasteiger charge is 2.55. The summed E-state index contributed by atoms with van der Waals surface area (Å²) in [5, 5.41) is 0. The highest BCUT2D eigenvalue weighted by molar-refractivity contribution is 5.56. The molecule has 176 valence electrons. The molecule has 4 nitrogen and oxygen atoms in total. The van der Waals surface area contributed by atoms with Crippen LogP contribution in [0, 0.1) is 16.2 Å². The minimum absolute atomic E-state index is 0.0600. The van der Waals surface area contributed by atoms with Crippen LogP contribution in [0.1, 0.15) is 61.3 Å². The minimum Gasteiger partial charge on any atom is -0.495 e. The van der Waals surface area contributed by atoms with Crippen LogP contribution >= 0.6 is 0 Å². The van der Waals surface area contributed by atoms with Crippen LogP contribution in [-0.2, 0) is 18.9 Å². The Bertz CT molecular complexity index is 902. The van der Waals surface area contributed by atoms with Crippen LogP contribution in [-0.4, -0.2) is 38.6 Å². The fraction of sp³-hybridized carbons (Fsp3) is 0.643. The molecule has 2 heterocycles. The summed E-state index contributed by atoms with van der Waals surface area (Å²) in [6.45, 7) is 23.0. The van der Waals surface area contributed by atoms with Crippen molar-refractivity contribution >= 4 is 0 Å². The van der Waals surface area contributed by atoms with Gasteiger partial charge in [-0.2, -0.15) is 0 Å². The number of hydrogen-bond acceptors (Lipinski definition) is 4. The Morgan fingerprint density at radius 1 is 0.906 bits per heavy atom. The molecule has 2 aliphatic heterocycles. The van der Waals surface area contributed by atoms with E-state index in [-0.39, 0.29) is 28.5 Å². The summed E-state index contributed by atoms with van der Waals surface area (Å²) in [6, 6.07) is 0. The SMILES string of the molecule is C=C/C(=C\C1=C(C)C(C)(C)CC12CC(C)(C)C(C)=C2/C=C(\C)OCC1CO1)OCC1CO1. The van der Waals surface area contributed by atoms with E-state index >= 15 is 0 Å². The number of rotatable bonds is 9. The monoisotopic (exact) mass is 440 g/mol. The van der Waals surface area contributed by atoms with Gasteiger partial charge in [0.15, 0.2) is 0 Å². The molecule has 0 radical (unpaired) electrons. The van der Waals surface area contributed by atoms with E-state index in [1.165, 1.54) is 22.3 Å². The fourth-order valence-corrected chi connectivity index (χ4v) is 5.59. The predicted molar refractivity (Wildman–Crippen MR) is 128 cm³/mol. The van der Waals surface area contributed by atoms with Crippen LogP contribution in [0.2, 0.25) is 0 Å². The summed E-state index contributed by atoms with van der Waals surface area (Å²) < 4.78 is 22.8. The molecule has 0 bridgehead atoms. The first-order valence-electron chi connectivity index (χ1n) is 11.9. The van der Waals surface area contributed by atoms with Crippen LogP contribution in [0.25, 0.3) is 0 Å². The summed E-state index contributed by atoms with van der Waals surface area (Å²) in [7, 11) is 0. The van der Waals surface area contributed by atoms with Crippen molar-refractivity contribution in [3.63, 3.8) is 0 Å². The third kappa shape index (κ3) is 4.49. The maximum atomic E-state index is 6.08. The molecule has 0 amide bonds. The van der Waals surface area contributed by atoms with Crippen molar-refractivity contribution in [1.29, 1.82) is 0 Å². The van der Waals surface area contributed by atoms with E-state index in [1.54, 1.807) is 0 Å². The van der Waals surface area contributed by atoms with Crippen molar-refractivity contribution in [2.24, 2.45) is 16.2 Å². The van der Waals surface area contributed by atoms with Crippen LogP contribution in [0.5, 0.6) is 0 Å². The van der Waals surface area contributed by atoms with Gasteiger partial charge in [-0.3, -0.25) is 0 Å². The van der Waals surface area contributed by atoms with Crippen molar-refractivity contribution in [3.8, 4) is 0 Å². The lowest BCUT2D eigenvalue weighted by atomic mass is 9.69. The molecule has 4 aliphatic rings. The molecule has 4 heteroatoms. The first-order valence-corrected chi connectivity index (χ1v) is 11.9. The largest absolute Gasteiger partial charge is 0.495 e. The molecular formula is C28H40O4. The van der Waals surface area contributed by atoms with Crippen molar-refractivity contribution in [3.05, 3.63) is 58.6 Å². The first-order chi connectivity index (χ1) is 15.0. The summed E-state index contributed by atoms with van der Waals surface area (Å²) in [5.74, 6) is 1.79. The lowest BCUT2D eigenvalue weighted by Crippen LogP contribution is -2.25. The molecule has 0 N–H and O–H groups in total. The number of hydrogen-bond donors (Lipinski definition) is 0. The lowest BCUT2D eigenvalue weighted by Gasteiger charge is -2.34. The van der Waals surface area contributed by atoms with E-state index in [1.807, 2.05) is 6.08 Å². The molecule has 4 rings (SSSR count). The average molecular weight is 441 g/mol. The van der Waals surface area contributed by atoms with Gasteiger partial charge in [0.2, 0.25) is 0 Å². The van der Waals surface area contributed by atoms with Crippen LogP contribution in [0.3, 0.4) is 0 Å². The molecule has 3 unspecified atom stereocenters. The topological polar surface area (TPSA) is 43.5 Å². The number of allylic oxidation sites excluding steroid dienone is 8. The van der Waals surface area contributed by atoms with Crippen molar-refractivity contribution < 1.29 is 18.9 Å². The maximum absolute atomic E-state index is 6.08. The van der Waals surface area contributed by atoms with Gasteiger partial charge in [-0.15, -0.1) is 0 Å². The zero-order valence-corrected chi connectivity index (χ0v) is 21.0. The number of epoxide rings is 2. The van der Waals surface area contributed by atoms with Crippen LogP contribution < -0.4 is 0 Å². The van der Waals surface area contributed by atoms with E-state index in [2.05, 4.69) is 67.2 Å². The van der Waals surface area contributed by atoms with Crippen molar-refractivity contribution in [1.82, 2.24) is 0 Å². The van der Waals surface area contributed by atoms with Gasteiger partial charge in [0.05, 0.1) is 19.0 Å². The summed E-state index contributed by atoms with van der Waals surface area (Å²) >= 11 is 0. The number of ether oxygens (including phenoxy) is 4. The Kier molecular flexibility index (Phi) is 6.00. The molecule has 0 aromatic heterocycles. The van der Waals surface area contributed by atoms with Gasteiger partial charge >= 0.3 is 0 Å². The van der Waals surface area contributed by atoms with Crippen molar-refractivity contribution in [2.45, 2.75) is 73.5 Å². The molecule has 32 heavy (non-hydrogen) atoms. The van der Waals surface area contributed by atoms with E-state index in [0.29, 0.717) is 13.2 Å². The van der Waals surface area contributed by atoms with E-state index in [0.717, 1.165) is 37.6 Å². The second-order valence-corrected chi connectivity index (χ2v) is 11.3. The Balaban J connectivity index is 1.74. The van der Waals surface area contributed by atoms with Crippen LogP contribution in [0.15, 0.2) is 58.6 Å². The molecule has 2 saturated heterocycles. The van der Waals surface area contributed by atoms with Gasteiger partial charge in [0, 0.05) is 5.41 Å². The second kappa shape index (κ2) is 8.22. The molecular weight excluding hydrogens is 400 g/mol. The zero-order valence-electron chi connectivity index (χ0n) is 21.0. The standard InChI is InChI=1S/C28H40O4/c1-9-21(30-13-23-15-32-23)11-25-20(4)27(7,8)17-28(25)16-26(5,6)19(3)24(28)10-18(2)29-12-22-14-31-22/h9-11,22-23H,1,12-17H2,2-8H3/b18-10+,21-11+. The van der Waals surface area contributed by atoms with Gasteiger partial charge in [-0.25, -0.2) is 0 Å². The molecule has 1 spiro atoms. The van der Waals surface area contributed by atoms with Crippen LogP contribution in [0.4, 0.5) is 0 Å². The third-order valence-corrected chi connectivity index (χ3v) is 7.93. The molecule has 0 aromatic rings. The molecule has 2 fully saturated rings.